The molecule has 4 aromatic rings. The predicted molar refractivity (Wildman–Crippen MR) is 188 cm³/mol. The van der Waals surface area contributed by atoms with E-state index in [9.17, 15) is 0 Å². The first-order valence-corrected chi connectivity index (χ1v) is 17.2. The molecule has 1 atom stereocenters. The van der Waals surface area contributed by atoms with Gasteiger partial charge in [0.15, 0.2) is 0 Å². The Morgan fingerprint density at radius 2 is 1.37 bits per heavy atom. The summed E-state index contributed by atoms with van der Waals surface area (Å²) in [5.41, 5.74) is 14.0. The zero-order chi connectivity index (χ0) is 32.1. The fraction of sp³-hybridized carbons (Fsp3) is 0.326. The number of hydrogen-bond donors (Lipinski definition) is 0. The molecule has 0 spiro atoms. The third-order valence-corrected chi connectivity index (χ3v) is 9.87. The quantitative estimate of drug-likeness (QED) is 0.222. The summed E-state index contributed by atoms with van der Waals surface area (Å²) < 4.78 is 1.55. The minimum absolute atomic E-state index is 0. The normalized spacial score (nSPS) is 14.5. The zero-order valence-corrected chi connectivity index (χ0v) is 33.0. The van der Waals surface area contributed by atoms with Crippen LogP contribution < -0.4 is 24.8 Å². The summed E-state index contributed by atoms with van der Waals surface area (Å²) in [7, 11) is 0. The Hall–Kier alpha value is -2.31. The Morgan fingerprint density at radius 3 is 1.89 bits per heavy atom. The van der Waals surface area contributed by atoms with Crippen molar-refractivity contribution >= 4 is 8.78 Å². The molecule has 0 bridgehead atoms. The minimum Gasteiger partial charge on any atom is -1.00 e. The van der Waals surface area contributed by atoms with Gasteiger partial charge in [-0.2, -0.15) is 35.4 Å². The maximum absolute atomic E-state index is 3.67. The van der Waals surface area contributed by atoms with E-state index >= 15 is 0 Å². The van der Waals surface area contributed by atoms with Crippen molar-refractivity contribution in [3.8, 4) is 11.1 Å². The number of fused-ring (bicyclic) bond motifs is 3. The summed E-state index contributed by atoms with van der Waals surface area (Å²) >= 11 is 1.54. The summed E-state index contributed by atoms with van der Waals surface area (Å²) in [6.07, 6.45) is 7.87. The monoisotopic (exact) mass is 724 g/mol. The molecule has 0 N–H and O–H groups in total. The average molecular weight is 727 g/mol. The van der Waals surface area contributed by atoms with E-state index in [2.05, 4.69) is 165 Å². The second-order valence-corrected chi connectivity index (χ2v) is 15.5. The Morgan fingerprint density at radius 1 is 0.783 bits per heavy atom. The van der Waals surface area contributed by atoms with Crippen molar-refractivity contribution in [1.29, 1.82) is 0 Å². The second-order valence-electron chi connectivity index (χ2n) is 14.0. The summed E-state index contributed by atoms with van der Waals surface area (Å²) in [5.74, 6) is 0.468. The molecule has 6 rings (SSSR count). The van der Waals surface area contributed by atoms with Crippen LogP contribution in [-0.4, -0.2) is 3.21 Å². The maximum atomic E-state index is 3.67. The summed E-state index contributed by atoms with van der Waals surface area (Å²) in [4.78, 5) is 0. The van der Waals surface area contributed by atoms with Gasteiger partial charge in [0, 0.05) is 0 Å². The van der Waals surface area contributed by atoms with Gasteiger partial charge in [0.25, 0.3) is 0 Å². The minimum atomic E-state index is 0. The van der Waals surface area contributed by atoms with Gasteiger partial charge in [0.05, 0.1) is 0 Å². The van der Waals surface area contributed by atoms with E-state index in [4.69, 9.17) is 0 Å². The predicted octanol–water partition coefficient (Wildman–Crippen LogP) is 5.29. The van der Waals surface area contributed by atoms with E-state index in [1.807, 2.05) is 6.07 Å². The molecule has 2 aliphatic rings. The van der Waals surface area contributed by atoms with Crippen LogP contribution >= 0.6 is 0 Å². The maximum Gasteiger partial charge on any atom is -1.00 e. The van der Waals surface area contributed by atoms with Crippen LogP contribution in [0.1, 0.15) is 102 Å². The van der Waals surface area contributed by atoms with Gasteiger partial charge in [0.1, 0.15) is 0 Å². The van der Waals surface area contributed by atoms with Gasteiger partial charge in [-0.05, 0) is 28.4 Å². The molecular formula is C43H48Cl2Zr-2. The molecule has 0 radical (unpaired) electrons. The molecule has 4 aromatic carbocycles. The molecule has 0 aliphatic heterocycles. The van der Waals surface area contributed by atoms with Gasteiger partial charge < -0.3 is 24.8 Å². The van der Waals surface area contributed by atoms with E-state index in [0.717, 1.165) is 6.42 Å². The van der Waals surface area contributed by atoms with E-state index in [-0.39, 0.29) is 35.6 Å². The van der Waals surface area contributed by atoms with Crippen LogP contribution in [0, 0.1) is 18.1 Å². The molecule has 0 saturated carbocycles. The Bertz CT molecular complexity index is 1590. The van der Waals surface area contributed by atoms with Crippen molar-refractivity contribution < 1.29 is 49.0 Å². The van der Waals surface area contributed by atoms with Crippen molar-refractivity contribution in [2.75, 3.05) is 0 Å². The molecule has 0 amide bonds. The van der Waals surface area contributed by atoms with Crippen LogP contribution in [0.4, 0.5) is 0 Å². The Balaban J connectivity index is 0.000000254. The van der Waals surface area contributed by atoms with Crippen LogP contribution in [0.25, 0.3) is 16.7 Å². The molecule has 0 nitrogen and oxygen atoms in total. The fourth-order valence-corrected chi connectivity index (χ4v) is 6.05. The van der Waals surface area contributed by atoms with E-state index in [1.54, 1.807) is 3.21 Å². The van der Waals surface area contributed by atoms with Crippen molar-refractivity contribution in [2.24, 2.45) is 5.92 Å². The van der Waals surface area contributed by atoms with E-state index < -0.39 is 0 Å². The average Bonchev–Trinajstić information content (AvgIpc) is 3.55. The molecule has 46 heavy (non-hydrogen) atoms. The first-order chi connectivity index (χ1) is 20.8. The molecule has 2 aliphatic carbocycles. The fourth-order valence-electron chi connectivity index (χ4n) is 5.64. The van der Waals surface area contributed by atoms with Crippen molar-refractivity contribution in [3.63, 3.8) is 0 Å². The van der Waals surface area contributed by atoms with Crippen molar-refractivity contribution in [2.45, 2.75) is 86.0 Å². The SMILES string of the molecule is CC(C)(C)c1[c-]c2c(cc1)-c1ccc(C(C)(C)C)cc1C2.CC1=[C-]C(C)C=C1c1ccccc1.CC[C](=[Zr+2])c1ccccc1.[Cl-].[Cl-]. The molecule has 0 heterocycles. The van der Waals surface area contributed by atoms with Gasteiger partial charge >= 0.3 is 76.7 Å². The smallest absolute Gasteiger partial charge is 1.00 e. The molecule has 0 saturated heterocycles. The standard InChI is InChI=1S/C21H25.C13H13.C9H10.2ClH.Zr/c1-20(2,3)16-7-9-18-14(12-16)11-15-13-17(21(4,5)6)8-10-19(15)18;1-10-8-11(2)13(9-10)12-6-4-3-5-7-12;1-2-6-9-7-4-3-5-8-9;;;/h7-10,12H,11H2,1-6H3;3-7,9-10H,1-2H3;3-5,7-8H,2H2,1H3;2*1H;/q2*-1;;;;+2/p-2. The summed E-state index contributed by atoms with van der Waals surface area (Å²) in [5, 5.41) is 0. The number of hydrogen-bond acceptors (Lipinski definition) is 0. The van der Waals surface area contributed by atoms with Crippen molar-refractivity contribution in [1.82, 2.24) is 0 Å². The van der Waals surface area contributed by atoms with Gasteiger partial charge in [-0.25, -0.2) is 5.57 Å². The van der Waals surface area contributed by atoms with Gasteiger partial charge in [0.2, 0.25) is 0 Å². The molecular weight excluding hydrogens is 679 g/mol. The number of allylic oxidation sites excluding steroid dienone is 4. The first kappa shape index (κ1) is 39.9. The Labute approximate surface area is 307 Å². The summed E-state index contributed by atoms with van der Waals surface area (Å²) in [6.45, 7) is 20.1. The third kappa shape index (κ3) is 10.3. The zero-order valence-electron chi connectivity index (χ0n) is 29.0. The van der Waals surface area contributed by atoms with Gasteiger partial charge in [-0.15, -0.1) is 16.7 Å². The topological polar surface area (TPSA) is 0 Å². The number of halogens is 2. The molecule has 0 fully saturated rings. The number of benzene rings is 4. The number of rotatable bonds is 3. The second kappa shape index (κ2) is 17.2. The van der Waals surface area contributed by atoms with Crippen LogP contribution in [0.5, 0.6) is 0 Å². The Kier molecular flexibility index (Phi) is 14.9. The van der Waals surface area contributed by atoms with Gasteiger partial charge in [-0.3, -0.25) is 6.08 Å². The molecule has 0 aromatic heterocycles. The first-order valence-electron chi connectivity index (χ1n) is 16.0. The van der Waals surface area contributed by atoms with Crippen LogP contribution in [0.15, 0.2) is 103 Å². The molecule has 1 unspecified atom stereocenters. The van der Waals surface area contributed by atoms with Crippen LogP contribution in [-0.2, 0) is 41.5 Å². The van der Waals surface area contributed by atoms with E-state index in [1.165, 1.54) is 86.3 Å². The van der Waals surface area contributed by atoms with Gasteiger partial charge in [-0.1, -0.05) is 115 Å². The third-order valence-electron chi connectivity index (χ3n) is 8.29. The van der Waals surface area contributed by atoms with Crippen molar-refractivity contribution in [3.05, 3.63) is 148 Å². The summed E-state index contributed by atoms with van der Waals surface area (Å²) in [6, 6.07) is 36.3. The molecule has 240 valence electrons. The molecule has 3 heteroatoms. The van der Waals surface area contributed by atoms with E-state index in [0.29, 0.717) is 5.92 Å². The largest absolute Gasteiger partial charge is 1.00 e. The van der Waals surface area contributed by atoms with Crippen LogP contribution in [0.3, 0.4) is 0 Å². The van der Waals surface area contributed by atoms with Crippen LogP contribution in [0.2, 0.25) is 0 Å².